The smallest absolute Gasteiger partial charge is 0.305 e. The second-order valence-electron chi connectivity index (χ2n) is 4.73. The lowest BCUT2D eigenvalue weighted by atomic mass is 10.1. The summed E-state index contributed by atoms with van der Waals surface area (Å²) in [7, 11) is 0. The minimum Gasteiger partial charge on any atom is -0.481 e. The molecule has 112 valence electrons. The van der Waals surface area contributed by atoms with Gasteiger partial charge in [0.1, 0.15) is 0 Å². The second kappa shape index (κ2) is 12.0. The van der Waals surface area contributed by atoms with Crippen molar-refractivity contribution in [1.29, 1.82) is 0 Å². The number of aliphatic hydroxyl groups excluding tert-OH is 1. The lowest BCUT2D eigenvalue weighted by Gasteiger charge is -2.07. The molecule has 0 saturated carbocycles. The zero-order valence-corrected chi connectivity index (χ0v) is 11.8. The molecular formula is C14H26O5. The molecule has 0 aliphatic rings. The minimum absolute atomic E-state index is 0.104. The van der Waals surface area contributed by atoms with Gasteiger partial charge in [-0.2, -0.15) is 0 Å². The number of hydrogen-bond donors (Lipinski definition) is 2. The zero-order valence-electron chi connectivity index (χ0n) is 11.8. The topological polar surface area (TPSA) is 83.8 Å². The van der Waals surface area contributed by atoms with Gasteiger partial charge in [-0.05, 0) is 38.5 Å². The van der Waals surface area contributed by atoms with Gasteiger partial charge < -0.3 is 14.9 Å². The molecule has 0 aliphatic carbocycles. The standard InChI is InChI=1S/C14H26O5/c1-2-12(15)8-4-3-7-11-19-14(18)10-6-5-9-13(16)17/h12,15H,2-11H2,1H3,(H,16,17). The molecule has 0 aliphatic heterocycles. The highest BCUT2D eigenvalue weighted by molar-refractivity contribution is 5.69. The van der Waals surface area contributed by atoms with Crippen molar-refractivity contribution in [3.63, 3.8) is 0 Å². The van der Waals surface area contributed by atoms with Crippen molar-refractivity contribution in [1.82, 2.24) is 0 Å². The number of unbranched alkanes of at least 4 members (excludes halogenated alkanes) is 3. The summed E-state index contributed by atoms with van der Waals surface area (Å²) in [6.45, 7) is 2.37. The molecule has 0 saturated heterocycles. The van der Waals surface area contributed by atoms with Crippen molar-refractivity contribution in [3.05, 3.63) is 0 Å². The van der Waals surface area contributed by atoms with Gasteiger partial charge in [-0.15, -0.1) is 0 Å². The number of aliphatic hydroxyl groups is 1. The van der Waals surface area contributed by atoms with Crippen LogP contribution in [0.25, 0.3) is 0 Å². The molecule has 0 aromatic carbocycles. The predicted octanol–water partition coefficient (Wildman–Crippen LogP) is 2.51. The molecule has 0 radical (unpaired) electrons. The van der Waals surface area contributed by atoms with Crippen molar-refractivity contribution in [3.8, 4) is 0 Å². The van der Waals surface area contributed by atoms with Gasteiger partial charge >= 0.3 is 11.9 Å². The molecule has 5 heteroatoms. The van der Waals surface area contributed by atoms with Crippen LogP contribution >= 0.6 is 0 Å². The zero-order chi connectivity index (χ0) is 14.5. The van der Waals surface area contributed by atoms with Gasteiger partial charge in [0.15, 0.2) is 0 Å². The quantitative estimate of drug-likeness (QED) is 0.422. The van der Waals surface area contributed by atoms with Crippen LogP contribution in [0.3, 0.4) is 0 Å². The van der Waals surface area contributed by atoms with Crippen LogP contribution in [0.1, 0.15) is 64.7 Å². The Kier molecular flexibility index (Phi) is 11.3. The van der Waals surface area contributed by atoms with Crippen molar-refractivity contribution in [2.45, 2.75) is 70.8 Å². The third-order valence-electron chi connectivity index (χ3n) is 2.94. The molecule has 5 nitrogen and oxygen atoms in total. The Labute approximate surface area is 115 Å². The van der Waals surface area contributed by atoms with E-state index in [2.05, 4.69) is 0 Å². The predicted molar refractivity (Wildman–Crippen MR) is 71.8 cm³/mol. The fourth-order valence-corrected chi connectivity index (χ4v) is 1.67. The number of aliphatic carboxylic acids is 1. The summed E-state index contributed by atoms with van der Waals surface area (Å²) in [5.41, 5.74) is 0. The van der Waals surface area contributed by atoms with E-state index in [0.717, 1.165) is 32.1 Å². The fraction of sp³-hybridized carbons (Fsp3) is 0.857. The molecule has 1 atom stereocenters. The van der Waals surface area contributed by atoms with Crippen molar-refractivity contribution in [2.75, 3.05) is 6.61 Å². The van der Waals surface area contributed by atoms with Gasteiger partial charge in [0.2, 0.25) is 0 Å². The lowest BCUT2D eigenvalue weighted by molar-refractivity contribution is -0.144. The third kappa shape index (κ3) is 13.1. The van der Waals surface area contributed by atoms with Gasteiger partial charge in [-0.1, -0.05) is 13.3 Å². The van der Waals surface area contributed by atoms with Crippen LogP contribution in [0.4, 0.5) is 0 Å². The maximum Gasteiger partial charge on any atom is 0.305 e. The second-order valence-corrected chi connectivity index (χ2v) is 4.73. The summed E-state index contributed by atoms with van der Waals surface area (Å²) in [4.78, 5) is 21.5. The van der Waals surface area contributed by atoms with Crippen LogP contribution in [0, 0.1) is 0 Å². The van der Waals surface area contributed by atoms with Gasteiger partial charge in [-0.3, -0.25) is 9.59 Å². The number of carbonyl (C=O) groups is 2. The molecule has 0 aromatic heterocycles. The molecule has 19 heavy (non-hydrogen) atoms. The highest BCUT2D eigenvalue weighted by Crippen LogP contribution is 2.07. The molecule has 0 aromatic rings. The van der Waals surface area contributed by atoms with Crippen LogP contribution in [-0.2, 0) is 14.3 Å². The summed E-state index contributed by atoms with van der Waals surface area (Å²) in [5, 5.41) is 17.8. The summed E-state index contributed by atoms with van der Waals surface area (Å²) in [5.74, 6) is -1.08. The number of carbonyl (C=O) groups excluding carboxylic acids is 1. The number of carboxylic acids is 1. The summed E-state index contributed by atoms with van der Waals surface area (Å²) >= 11 is 0. The van der Waals surface area contributed by atoms with Crippen LogP contribution in [-0.4, -0.2) is 34.9 Å². The first kappa shape index (κ1) is 17.9. The first-order valence-corrected chi connectivity index (χ1v) is 7.11. The SMILES string of the molecule is CCC(O)CCCCCOC(=O)CCCCC(=O)O. The van der Waals surface area contributed by atoms with Gasteiger partial charge in [0.05, 0.1) is 12.7 Å². The van der Waals surface area contributed by atoms with Crippen molar-refractivity contribution < 1.29 is 24.5 Å². The maximum absolute atomic E-state index is 11.3. The van der Waals surface area contributed by atoms with Crippen LogP contribution in [0.5, 0.6) is 0 Å². The van der Waals surface area contributed by atoms with E-state index < -0.39 is 5.97 Å². The average molecular weight is 274 g/mol. The van der Waals surface area contributed by atoms with E-state index >= 15 is 0 Å². The Morgan fingerprint density at radius 3 is 2.37 bits per heavy atom. The molecule has 0 rings (SSSR count). The largest absolute Gasteiger partial charge is 0.481 e. The van der Waals surface area contributed by atoms with E-state index in [4.69, 9.17) is 9.84 Å². The monoisotopic (exact) mass is 274 g/mol. The van der Waals surface area contributed by atoms with E-state index in [1.54, 1.807) is 0 Å². The molecular weight excluding hydrogens is 248 g/mol. The fourth-order valence-electron chi connectivity index (χ4n) is 1.67. The van der Waals surface area contributed by atoms with Crippen molar-refractivity contribution in [2.24, 2.45) is 0 Å². The van der Waals surface area contributed by atoms with E-state index in [1.165, 1.54) is 0 Å². The first-order chi connectivity index (χ1) is 9.06. The molecule has 0 bridgehead atoms. The summed E-state index contributed by atoms with van der Waals surface area (Å²) in [6, 6.07) is 0. The molecule has 0 amide bonds. The van der Waals surface area contributed by atoms with Crippen LogP contribution in [0.2, 0.25) is 0 Å². The highest BCUT2D eigenvalue weighted by atomic mass is 16.5. The number of esters is 1. The minimum atomic E-state index is -0.831. The Hall–Kier alpha value is -1.10. The maximum atomic E-state index is 11.3. The number of carboxylic acid groups (broad SMARTS) is 1. The van der Waals surface area contributed by atoms with Gasteiger partial charge in [0, 0.05) is 12.8 Å². The van der Waals surface area contributed by atoms with Gasteiger partial charge in [0.25, 0.3) is 0 Å². The summed E-state index contributed by atoms with van der Waals surface area (Å²) < 4.78 is 5.03. The van der Waals surface area contributed by atoms with Crippen LogP contribution < -0.4 is 0 Å². The Bertz CT molecular complexity index is 252. The van der Waals surface area contributed by atoms with Crippen LogP contribution in [0.15, 0.2) is 0 Å². The number of ether oxygens (including phenoxy) is 1. The van der Waals surface area contributed by atoms with E-state index in [1.807, 2.05) is 6.92 Å². The van der Waals surface area contributed by atoms with Gasteiger partial charge in [-0.25, -0.2) is 0 Å². The molecule has 0 heterocycles. The third-order valence-corrected chi connectivity index (χ3v) is 2.94. The number of rotatable bonds is 12. The first-order valence-electron chi connectivity index (χ1n) is 7.11. The van der Waals surface area contributed by atoms with E-state index in [9.17, 15) is 14.7 Å². The van der Waals surface area contributed by atoms with Crippen molar-refractivity contribution >= 4 is 11.9 Å². The Morgan fingerprint density at radius 1 is 1.05 bits per heavy atom. The Morgan fingerprint density at radius 2 is 1.74 bits per heavy atom. The molecule has 1 unspecified atom stereocenters. The van der Waals surface area contributed by atoms with E-state index in [-0.39, 0.29) is 18.5 Å². The lowest BCUT2D eigenvalue weighted by Crippen LogP contribution is -2.07. The average Bonchev–Trinajstić information content (AvgIpc) is 2.38. The normalized spacial score (nSPS) is 12.1. The number of hydrogen-bond acceptors (Lipinski definition) is 4. The Balaban J connectivity index is 3.27. The molecule has 0 spiro atoms. The highest BCUT2D eigenvalue weighted by Gasteiger charge is 2.04. The molecule has 2 N–H and O–H groups in total. The summed E-state index contributed by atoms with van der Waals surface area (Å²) in [6.07, 6.45) is 5.57. The van der Waals surface area contributed by atoms with E-state index in [0.29, 0.717) is 25.9 Å². The molecule has 0 fully saturated rings.